The summed E-state index contributed by atoms with van der Waals surface area (Å²) in [5.74, 6) is 0.960. The number of aryl methyl sites for hydroxylation is 1. The molecule has 0 aliphatic carbocycles. The predicted molar refractivity (Wildman–Crippen MR) is 76.2 cm³/mol. The Bertz CT molecular complexity index is 592. The van der Waals surface area contributed by atoms with Crippen molar-refractivity contribution >= 4 is 5.91 Å². The molecule has 0 bridgehead atoms. The molecule has 0 saturated heterocycles. The van der Waals surface area contributed by atoms with Crippen molar-refractivity contribution in [2.75, 3.05) is 6.54 Å². The van der Waals surface area contributed by atoms with Crippen molar-refractivity contribution in [1.29, 1.82) is 0 Å². The Morgan fingerprint density at radius 3 is 3.05 bits per heavy atom. The van der Waals surface area contributed by atoms with Gasteiger partial charge in [0.2, 0.25) is 0 Å². The summed E-state index contributed by atoms with van der Waals surface area (Å²) >= 11 is 0. The fourth-order valence-electron chi connectivity index (χ4n) is 2.43. The van der Waals surface area contributed by atoms with Crippen LogP contribution in [0.1, 0.15) is 33.7 Å². The highest BCUT2D eigenvalue weighted by Crippen LogP contribution is 2.16. The van der Waals surface area contributed by atoms with Gasteiger partial charge in [-0.3, -0.25) is 4.79 Å². The zero-order chi connectivity index (χ0) is 13.8. The fourth-order valence-corrected chi connectivity index (χ4v) is 2.43. The molecule has 5 nitrogen and oxygen atoms in total. The van der Waals surface area contributed by atoms with Crippen molar-refractivity contribution in [2.24, 2.45) is 0 Å². The zero-order valence-electron chi connectivity index (χ0n) is 11.3. The standard InChI is InChI=1S/C15H18N4O/c20-15(19-5-1-2-14-17-6-7-18-14)11-3-4-12-9-16-10-13(12)8-11/h3-4,6-8,16H,1-2,5,9-10H2,(H,17,18)(H,19,20). The number of aromatic amines is 1. The summed E-state index contributed by atoms with van der Waals surface area (Å²) in [5.41, 5.74) is 3.26. The van der Waals surface area contributed by atoms with Gasteiger partial charge in [-0.1, -0.05) is 6.07 Å². The zero-order valence-corrected chi connectivity index (χ0v) is 11.3. The van der Waals surface area contributed by atoms with E-state index < -0.39 is 0 Å². The summed E-state index contributed by atoms with van der Waals surface area (Å²) < 4.78 is 0. The largest absolute Gasteiger partial charge is 0.352 e. The van der Waals surface area contributed by atoms with Crippen LogP contribution in [0.3, 0.4) is 0 Å². The number of aromatic nitrogens is 2. The monoisotopic (exact) mass is 270 g/mol. The molecule has 2 aromatic rings. The van der Waals surface area contributed by atoms with Gasteiger partial charge in [-0.15, -0.1) is 0 Å². The van der Waals surface area contributed by atoms with Crippen LogP contribution in [0, 0.1) is 0 Å². The van der Waals surface area contributed by atoms with Gasteiger partial charge in [0.05, 0.1) is 0 Å². The van der Waals surface area contributed by atoms with Crippen LogP contribution in [0.2, 0.25) is 0 Å². The number of benzene rings is 1. The smallest absolute Gasteiger partial charge is 0.251 e. The van der Waals surface area contributed by atoms with E-state index in [9.17, 15) is 4.79 Å². The number of nitrogens with one attached hydrogen (secondary N) is 3. The van der Waals surface area contributed by atoms with Gasteiger partial charge in [0.25, 0.3) is 5.91 Å². The van der Waals surface area contributed by atoms with Crippen LogP contribution >= 0.6 is 0 Å². The van der Waals surface area contributed by atoms with Crippen LogP contribution in [-0.2, 0) is 19.5 Å². The van der Waals surface area contributed by atoms with Gasteiger partial charge in [0.1, 0.15) is 5.82 Å². The maximum Gasteiger partial charge on any atom is 0.251 e. The molecule has 1 aliphatic heterocycles. The van der Waals surface area contributed by atoms with Crippen LogP contribution in [0.15, 0.2) is 30.6 Å². The summed E-state index contributed by atoms with van der Waals surface area (Å²) in [7, 11) is 0. The number of H-pyrrole nitrogens is 1. The lowest BCUT2D eigenvalue weighted by Gasteiger charge is -2.06. The molecule has 1 aliphatic rings. The Morgan fingerprint density at radius 2 is 2.20 bits per heavy atom. The summed E-state index contributed by atoms with van der Waals surface area (Å²) in [6.07, 6.45) is 5.28. The van der Waals surface area contributed by atoms with Crippen LogP contribution < -0.4 is 10.6 Å². The van der Waals surface area contributed by atoms with E-state index in [0.29, 0.717) is 6.54 Å². The number of hydrogen-bond acceptors (Lipinski definition) is 3. The maximum absolute atomic E-state index is 12.1. The van der Waals surface area contributed by atoms with Crippen LogP contribution in [0.5, 0.6) is 0 Å². The second-order valence-electron chi connectivity index (χ2n) is 4.98. The van der Waals surface area contributed by atoms with E-state index in [4.69, 9.17) is 0 Å². The van der Waals surface area contributed by atoms with Gasteiger partial charge in [0, 0.05) is 44.0 Å². The molecule has 5 heteroatoms. The molecule has 1 aromatic heterocycles. The normalized spacial score (nSPS) is 13.2. The Balaban J connectivity index is 1.49. The molecule has 0 unspecified atom stereocenters. The van der Waals surface area contributed by atoms with Crippen molar-refractivity contribution in [3.63, 3.8) is 0 Å². The Hall–Kier alpha value is -2.14. The lowest BCUT2D eigenvalue weighted by atomic mass is 10.1. The predicted octanol–water partition coefficient (Wildman–Crippen LogP) is 1.38. The van der Waals surface area contributed by atoms with Gasteiger partial charge < -0.3 is 15.6 Å². The number of nitrogens with zero attached hydrogens (tertiary/aromatic N) is 1. The molecule has 0 saturated carbocycles. The number of fused-ring (bicyclic) bond motifs is 1. The molecule has 1 aromatic carbocycles. The second-order valence-corrected chi connectivity index (χ2v) is 4.98. The molecule has 0 atom stereocenters. The Labute approximate surface area is 117 Å². The number of carbonyl (C=O) groups excluding carboxylic acids is 1. The maximum atomic E-state index is 12.1. The van der Waals surface area contributed by atoms with Gasteiger partial charge in [-0.2, -0.15) is 0 Å². The highest BCUT2D eigenvalue weighted by atomic mass is 16.1. The van der Waals surface area contributed by atoms with Crippen molar-refractivity contribution in [2.45, 2.75) is 25.9 Å². The molecular formula is C15H18N4O. The number of rotatable bonds is 5. The average Bonchev–Trinajstić information content (AvgIpc) is 3.13. The third-order valence-corrected chi connectivity index (χ3v) is 3.53. The van der Waals surface area contributed by atoms with E-state index in [2.05, 4.69) is 20.6 Å². The lowest BCUT2D eigenvalue weighted by Crippen LogP contribution is -2.25. The number of hydrogen-bond donors (Lipinski definition) is 3. The minimum atomic E-state index is -0.000792. The third-order valence-electron chi connectivity index (χ3n) is 3.53. The highest BCUT2D eigenvalue weighted by Gasteiger charge is 2.13. The first-order chi connectivity index (χ1) is 9.83. The van der Waals surface area contributed by atoms with Crippen molar-refractivity contribution in [1.82, 2.24) is 20.6 Å². The van der Waals surface area contributed by atoms with Gasteiger partial charge in [-0.05, 0) is 29.7 Å². The summed E-state index contributed by atoms with van der Waals surface area (Å²) in [5, 5.41) is 6.23. The quantitative estimate of drug-likeness (QED) is 0.719. The van der Waals surface area contributed by atoms with E-state index in [0.717, 1.165) is 37.3 Å². The van der Waals surface area contributed by atoms with Crippen LogP contribution in [-0.4, -0.2) is 22.4 Å². The molecular weight excluding hydrogens is 252 g/mol. The van der Waals surface area contributed by atoms with Crippen LogP contribution in [0.25, 0.3) is 0 Å². The van der Waals surface area contributed by atoms with Crippen LogP contribution in [0.4, 0.5) is 0 Å². The summed E-state index contributed by atoms with van der Waals surface area (Å²) in [6.45, 7) is 2.42. The van der Waals surface area contributed by atoms with E-state index in [-0.39, 0.29) is 5.91 Å². The molecule has 0 radical (unpaired) electrons. The minimum absolute atomic E-state index is 0.000792. The van der Waals surface area contributed by atoms with E-state index in [1.54, 1.807) is 6.20 Å². The Morgan fingerprint density at radius 1 is 1.30 bits per heavy atom. The second kappa shape index (κ2) is 5.88. The summed E-state index contributed by atoms with van der Waals surface area (Å²) in [6, 6.07) is 5.91. The molecule has 104 valence electrons. The van der Waals surface area contributed by atoms with Crippen molar-refractivity contribution in [3.8, 4) is 0 Å². The van der Waals surface area contributed by atoms with Gasteiger partial charge >= 0.3 is 0 Å². The SMILES string of the molecule is O=C(NCCCc1ncc[nH]1)c1ccc2c(c1)CNC2. The number of amides is 1. The Kier molecular flexibility index (Phi) is 3.78. The van der Waals surface area contributed by atoms with E-state index in [1.165, 1.54) is 11.1 Å². The lowest BCUT2D eigenvalue weighted by molar-refractivity contribution is 0.0953. The first-order valence-electron chi connectivity index (χ1n) is 6.92. The molecule has 20 heavy (non-hydrogen) atoms. The fraction of sp³-hybridized carbons (Fsp3) is 0.333. The number of imidazole rings is 1. The highest BCUT2D eigenvalue weighted by molar-refractivity contribution is 5.94. The topological polar surface area (TPSA) is 69.8 Å². The van der Waals surface area contributed by atoms with E-state index >= 15 is 0 Å². The van der Waals surface area contributed by atoms with Crippen molar-refractivity contribution < 1.29 is 4.79 Å². The molecule has 3 rings (SSSR count). The van der Waals surface area contributed by atoms with Gasteiger partial charge in [-0.25, -0.2) is 4.98 Å². The molecule has 0 spiro atoms. The molecule has 1 amide bonds. The number of carbonyl (C=O) groups is 1. The molecule has 0 fully saturated rings. The molecule has 2 heterocycles. The molecule has 3 N–H and O–H groups in total. The summed E-state index contributed by atoms with van der Waals surface area (Å²) in [4.78, 5) is 19.3. The first kappa shape index (κ1) is 12.9. The third kappa shape index (κ3) is 2.88. The minimum Gasteiger partial charge on any atom is -0.352 e. The van der Waals surface area contributed by atoms with Crippen molar-refractivity contribution in [3.05, 3.63) is 53.1 Å². The first-order valence-corrected chi connectivity index (χ1v) is 6.92. The van der Waals surface area contributed by atoms with E-state index in [1.807, 2.05) is 24.4 Å². The van der Waals surface area contributed by atoms with Gasteiger partial charge in [0.15, 0.2) is 0 Å². The average molecular weight is 270 g/mol.